The molecular weight excluding hydrogens is 158 g/mol. The molecule has 12 heavy (non-hydrogen) atoms. The molecular formula is C7H13N3O2. The van der Waals surface area contributed by atoms with Gasteiger partial charge in [-0.15, -0.1) is 0 Å². The summed E-state index contributed by atoms with van der Waals surface area (Å²) in [7, 11) is 0. The summed E-state index contributed by atoms with van der Waals surface area (Å²) in [5.74, 6) is 0.994. The minimum absolute atomic E-state index is 0.191. The molecule has 1 atom stereocenters. The van der Waals surface area contributed by atoms with Crippen molar-refractivity contribution in [2.75, 3.05) is 6.61 Å². The summed E-state index contributed by atoms with van der Waals surface area (Å²) < 4.78 is 9.94. The molecule has 0 aliphatic rings. The third-order valence-electron chi connectivity index (χ3n) is 1.32. The smallest absolute Gasteiger partial charge is 0.252 e. The molecule has 0 spiro atoms. The normalized spacial score (nSPS) is 13.2. The van der Waals surface area contributed by atoms with Crippen LogP contribution in [0.3, 0.4) is 0 Å². The lowest BCUT2D eigenvalue weighted by Crippen LogP contribution is -2.06. The van der Waals surface area contributed by atoms with E-state index in [1.807, 2.05) is 6.92 Å². The number of nitrogens with two attached hydrogens (primary N) is 1. The van der Waals surface area contributed by atoms with Crippen molar-refractivity contribution in [1.29, 1.82) is 0 Å². The first-order chi connectivity index (χ1) is 5.74. The second-order valence-electron chi connectivity index (χ2n) is 2.47. The summed E-state index contributed by atoms with van der Waals surface area (Å²) in [6.45, 7) is 4.70. The van der Waals surface area contributed by atoms with Crippen LogP contribution in [0.1, 0.15) is 31.6 Å². The van der Waals surface area contributed by atoms with Crippen molar-refractivity contribution in [3.05, 3.63) is 11.7 Å². The Morgan fingerprint density at radius 2 is 2.42 bits per heavy atom. The molecule has 1 heterocycles. The van der Waals surface area contributed by atoms with E-state index in [2.05, 4.69) is 10.1 Å². The minimum Gasteiger partial charge on any atom is -0.372 e. The van der Waals surface area contributed by atoms with E-state index in [4.69, 9.17) is 15.0 Å². The largest absolute Gasteiger partial charge is 0.372 e. The van der Waals surface area contributed by atoms with Gasteiger partial charge in [0.25, 0.3) is 5.89 Å². The van der Waals surface area contributed by atoms with Gasteiger partial charge in [0.15, 0.2) is 5.82 Å². The molecule has 0 saturated carbocycles. The van der Waals surface area contributed by atoms with E-state index in [-0.39, 0.29) is 6.04 Å². The highest BCUT2D eigenvalue weighted by atomic mass is 16.5. The lowest BCUT2D eigenvalue weighted by Gasteiger charge is -1.94. The maximum absolute atomic E-state index is 5.53. The average molecular weight is 171 g/mol. The Bertz CT molecular complexity index is 234. The zero-order valence-electron chi connectivity index (χ0n) is 7.28. The summed E-state index contributed by atoms with van der Waals surface area (Å²) >= 11 is 0. The van der Waals surface area contributed by atoms with Crippen LogP contribution in [0.4, 0.5) is 0 Å². The van der Waals surface area contributed by atoms with Crippen LogP contribution < -0.4 is 5.73 Å². The zero-order chi connectivity index (χ0) is 8.97. The molecule has 1 aromatic heterocycles. The molecule has 5 heteroatoms. The van der Waals surface area contributed by atoms with Crippen LogP contribution in [-0.4, -0.2) is 16.7 Å². The maximum atomic E-state index is 5.53. The van der Waals surface area contributed by atoms with Gasteiger partial charge in [0, 0.05) is 6.61 Å². The molecule has 0 unspecified atom stereocenters. The first kappa shape index (κ1) is 9.15. The van der Waals surface area contributed by atoms with Crippen LogP contribution >= 0.6 is 0 Å². The minimum atomic E-state index is -0.191. The quantitative estimate of drug-likeness (QED) is 0.719. The van der Waals surface area contributed by atoms with Gasteiger partial charge < -0.3 is 15.0 Å². The molecule has 0 saturated heterocycles. The Morgan fingerprint density at radius 1 is 1.67 bits per heavy atom. The number of aromatic nitrogens is 2. The molecule has 0 aliphatic heterocycles. The van der Waals surface area contributed by atoms with Crippen LogP contribution in [0.2, 0.25) is 0 Å². The number of nitrogens with zero attached hydrogens (tertiary/aromatic N) is 2. The third kappa shape index (κ3) is 2.28. The topological polar surface area (TPSA) is 74.2 Å². The summed E-state index contributed by atoms with van der Waals surface area (Å²) in [6, 6.07) is -0.191. The molecule has 0 amide bonds. The number of rotatable bonds is 4. The fourth-order valence-corrected chi connectivity index (χ4v) is 0.701. The molecule has 0 aliphatic carbocycles. The van der Waals surface area contributed by atoms with Gasteiger partial charge in [-0.1, -0.05) is 5.16 Å². The van der Waals surface area contributed by atoms with Crippen LogP contribution in [0, 0.1) is 0 Å². The molecule has 0 fully saturated rings. The van der Waals surface area contributed by atoms with Crippen molar-refractivity contribution >= 4 is 0 Å². The van der Waals surface area contributed by atoms with Gasteiger partial charge in [-0.05, 0) is 13.8 Å². The van der Waals surface area contributed by atoms with Crippen molar-refractivity contribution in [3.8, 4) is 0 Å². The predicted molar refractivity (Wildman–Crippen MR) is 42.2 cm³/mol. The summed E-state index contributed by atoms with van der Waals surface area (Å²) in [4.78, 5) is 4.02. The van der Waals surface area contributed by atoms with Crippen molar-refractivity contribution in [3.63, 3.8) is 0 Å². The van der Waals surface area contributed by atoms with E-state index in [1.54, 1.807) is 6.92 Å². The fraction of sp³-hybridized carbons (Fsp3) is 0.714. The Kier molecular flexibility index (Phi) is 3.19. The van der Waals surface area contributed by atoms with Gasteiger partial charge in [0.1, 0.15) is 6.61 Å². The van der Waals surface area contributed by atoms with Gasteiger partial charge in [0.2, 0.25) is 0 Å². The van der Waals surface area contributed by atoms with E-state index in [1.165, 1.54) is 0 Å². The van der Waals surface area contributed by atoms with Crippen LogP contribution in [-0.2, 0) is 11.3 Å². The standard InChI is InChI=1S/C7H13N3O2/c1-3-11-4-6-9-7(5(2)8)10-12-6/h5H,3-4,8H2,1-2H3/t5-/m1/s1. The highest BCUT2D eigenvalue weighted by Crippen LogP contribution is 2.05. The van der Waals surface area contributed by atoms with E-state index in [0.29, 0.717) is 24.9 Å². The molecule has 0 aromatic carbocycles. The molecule has 68 valence electrons. The highest BCUT2D eigenvalue weighted by Gasteiger charge is 2.08. The Labute approximate surface area is 70.9 Å². The molecule has 2 N–H and O–H groups in total. The second kappa shape index (κ2) is 4.18. The SMILES string of the molecule is CCOCc1nc([C@@H](C)N)no1. The summed E-state index contributed by atoms with van der Waals surface area (Å²) in [5.41, 5.74) is 5.53. The maximum Gasteiger partial charge on any atom is 0.252 e. The Balaban J connectivity index is 2.52. The number of hydrogen-bond acceptors (Lipinski definition) is 5. The van der Waals surface area contributed by atoms with E-state index >= 15 is 0 Å². The van der Waals surface area contributed by atoms with Gasteiger partial charge >= 0.3 is 0 Å². The second-order valence-corrected chi connectivity index (χ2v) is 2.47. The fourth-order valence-electron chi connectivity index (χ4n) is 0.701. The van der Waals surface area contributed by atoms with E-state index in [9.17, 15) is 0 Å². The van der Waals surface area contributed by atoms with Crippen LogP contribution in [0.5, 0.6) is 0 Å². The van der Waals surface area contributed by atoms with Crippen LogP contribution in [0.15, 0.2) is 4.52 Å². The first-order valence-electron chi connectivity index (χ1n) is 3.89. The van der Waals surface area contributed by atoms with Gasteiger partial charge in [0.05, 0.1) is 6.04 Å². The molecule has 1 aromatic rings. The van der Waals surface area contributed by atoms with Crippen molar-refractivity contribution in [1.82, 2.24) is 10.1 Å². The van der Waals surface area contributed by atoms with Gasteiger partial charge in [-0.25, -0.2) is 0 Å². The number of ether oxygens (including phenoxy) is 1. The summed E-state index contributed by atoms with van der Waals surface area (Å²) in [6.07, 6.45) is 0. The first-order valence-corrected chi connectivity index (χ1v) is 3.89. The van der Waals surface area contributed by atoms with E-state index < -0.39 is 0 Å². The van der Waals surface area contributed by atoms with Crippen LogP contribution in [0.25, 0.3) is 0 Å². The molecule has 5 nitrogen and oxygen atoms in total. The number of hydrogen-bond donors (Lipinski definition) is 1. The molecule has 0 radical (unpaired) electrons. The van der Waals surface area contributed by atoms with Crippen molar-refractivity contribution in [2.24, 2.45) is 5.73 Å². The molecule has 1 rings (SSSR count). The highest BCUT2D eigenvalue weighted by molar-refractivity contribution is 4.89. The van der Waals surface area contributed by atoms with Gasteiger partial charge in [-0.2, -0.15) is 4.98 Å². The third-order valence-corrected chi connectivity index (χ3v) is 1.32. The predicted octanol–water partition coefficient (Wildman–Crippen LogP) is 0.626. The zero-order valence-corrected chi connectivity index (χ0v) is 7.28. The lowest BCUT2D eigenvalue weighted by atomic mass is 10.3. The van der Waals surface area contributed by atoms with Crippen molar-refractivity contribution < 1.29 is 9.26 Å². The monoisotopic (exact) mass is 171 g/mol. The van der Waals surface area contributed by atoms with E-state index in [0.717, 1.165) is 0 Å². The Morgan fingerprint density at radius 3 is 2.92 bits per heavy atom. The van der Waals surface area contributed by atoms with Crippen molar-refractivity contribution in [2.45, 2.75) is 26.5 Å². The lowest BCUT2D eigenvalue weighted by molar-refractivity contribution is 0.109. The Hall–Kier alpha value is -0.940. The average Bonchev–Trinajstić information content (AvgIpc) is 2.48. The molecule has 0 bridgehead atoms. The summed E-state index contributed by atoms with van der Waals surface area (Å²) in [5, 5.41) is 3.68. The van der Waals surface area contributed by atoms with Gasteiger partial charge in [-0.3, -0.25) is 0 Å².